The normalized spacial score (nSPS) is 10.6. The molecule has 0 atom stereocenters. The highest BCUT2D eigenvalue weighted by molar-refractivity contribution is 5.50. The molecular formula is C16H21FN4. The number of benzene rings is 1. The number of para-hydroxylation sites is 1. The summed E-state index contributed by atoms with van der Waals surface area (Å²) in [6.45, 7) is 5.19. The summed E-state index contributed by atoms with van der Waals surface area (Å²) in [4.78, 5) is 10.0. The summed E-state index contributed by atoms with van der Waals surface area (Å²) in [6, 6.07) is 7.64. The summed E-state index contributed by atoms with van der Waals surface area (Å²) >= 11 is 0. The molecule has 0 saturated carbocycles. The van der Waals surface area contributed by atoms with Crippen LogP contribution in [0.4, 0.5) is 15.9 Å². The highest BCUT2D eigenvalue weighted by Crippen LogP contribution is 2.22. The molecule has 2 aromatic rings. The summed E-state index contributed by atoms with van der Waals surface area (Å²) in [5.74, 6) is 0.0231. The maximum absolute atomic E-state index is 14.5. The fourth-order valence-corrected chi connectivity index (χ4v) is 2.28. The van der Waals surface area contributed by atoms with Crippen LogP contribution in [0.1, 0.15) is 31.5 Å². The lowest BCUT2D eigenvalue weighted by Crippen LogP contribution is -2.26. The van der Waals surface area contributed by atoms with Gasteiger partial charge in [-0.25, -0.2) is 14.4 Å². The fraction of sp³-hybridized carbons (Fsp3) is 0.375. The molecule has 0 spiro atoms. The Labute approximate surface area is 124 Å². The van der Waals surface area contributed by atoms with Crippen molar-refractivity contribution in [1.29, 1.82) is 0 Å². The third kappa shape index (κ3) is 3.48. The second kappa shape index (κ2) is 7.02. The van der Waals surface area contributed by atoms with Gasteiger partial charge >= 0.3 is 0 Å². The largest absolute Gasteiger partial charge is 0.398 e. The van der Waals surface area contributed by atoms with Crippen molar-refractivity contribution in [3.05, 3.63) is 47.7 Å². The van der Waals surface area contributed by atoms with Gasteiger partial charge in [0.25, 0.3) is 0 Å². The number of rotatable bonds is 6. The van der Waals surface area contributed by atoms with E-state index in [-0.39, 0.29) is 5.82 Å². The molecular weight excluding hydrogens is 267 g/mol. The number of nitrogens with zero attached hydrogens (tertiary/aromatic N) is 3. The first-order valence-corrected chi connectivity index (χ1v) is 7.25. The Kier molecular flexibility index (Phi) is 5.09. The highest BCUT2D eigenvalue weighted by Gasteiger charge is 2.17. The molecule has 1 heterocycles. The lowest BCUT2D eigenvalue weighted by molar-refractivity contribution is 0.580. The van der Waals surface area contributed by atoms with Crippen LogP contribution in [0.15, 0.2) is 30.6 Å². The average molecular weight is 288 g/mol. The van der Waals surface area contributed by atoms with Gasteiger partial charge in [-0.15, -0.1) is 0 Å². The van der Waals surface area contributed by atoms with Crippen LogP contribution in [0.5, 0.6) is 0 Å². The second-order valence-electron chi connectivity index (χ2n) is 4.93. The number of aromatic nitrogens is 2. The zero-order chi connectivity index (χ0) is 15.2. The van der Waals surface area contributed by atoms with E-state index in [2.05, 4.69) is 16.9 Å². The minimum absolute atomic E-state index is 0.331. The maximum atomic E-state index is 14.5. The molecule has 2 rings (SSSR count). The number of halogens is 1. The van der Waals surface area contributed by atoms with Crippen molar-refractivity contribution in [3.63, 3.8) is 0 Å². The van der Waals surface area contributed by atoms with Gasteiger partial charge in [0.15, 0.2) is 11.6 Å². The molecule has 0 saturated heterocycles. The quantitative estimate of drug-likeness (QED) is 0.829. The van der Waals surface area contributed by atoms with Gasteiger partial charge in [0.05, 0.1) is 5.69 Å². The SMILES string of the molecule is CCCN(Cc1ccccc1N)c1ncnc(CC)c1F. The first-order chi connectivity index (χ1) is 10.2. The molecule has 0 aliphatic rings. The van der Waals surface area contributed by atoms with Gasteiger partial charge in [0, 0.05) is 18.8 Å². The number of hydrogen-bond acceptors (Lipinski definition) is 4. The van der Waals surface area contributed by atoms with Crippen molar-refractivity contribution in [3.8, 4) is 0 Å². The highest BCUT2D eigenvalue weighted by atomic mass is 19.1. The summed E-state index contributed by atoms with van der Waals surface area (Å²) in [7, 11) is 0. The van der Waals surface area contributed by atoms with Crippen LogP contribution in [0, 0.1) is 5.82 Å². The van der Waals surface area contributed by atoms with Crippen molar-refractivity contribution >= 4 is 11.5 Å². The molecule has 1 aromatic heterocycles. The van der Waals surface area contributed by atoms with Crippen LogP contribution in [0.2, 0.25) is 0 Å². The third-order valence-electron chi connectivity index (χ3n) is 3.39. The van der Waals surface area contributed by atoms with Crippen LogP contribution >= 0.6 is 0 Å². The van der Waals surface area contributed by atoms with Gasteiger partial charge < -0.3 is 10.6 Å². The number of nitrogen functional groups attached to an aromatic ring is 1. The summed E-state index contributed by atoms with van der Waals surface area (Å²) in [6.07, 6.45) is 2.88. The summed E-state index contributed by atoms with van der Waals surface area (Å²) < 4.78 is 14.5. The number of hydrogen-bond donors (Lipinski definition) is 1. The van der Waals surface area contributed by atoms with E-state index < -0.39 is 0 Å². The molecule has 112 valence electrons. The van der Waals surface area contributed by atoms with Crippen LogP contribution in [-0.2, 0) is 13.0 Å². The molecule has 0 aliphatic heterocycles. The van der Waals surface area contributed by atoms with Crippen molar-refractivity contribution < 1.29 is 4.39 Å². The Hall–Kier alpha value is -2.17. The molecule has 0 unspecified atom stereocenters. The number of nitrogens with two attached hydrogens (primary N) is 1. The van der Waals surface area contributed by atoms with E-state index in [1.54, 1.807) is 0 Å². The zero-order valence-corrected chi connectivity index (χ0v) is 12.5. The molecule has 2 N–H and O–H groups in total. The van der Waals surface area contributed by atoms with E-state index in [0.717, 1.165) is 12.0 Å². The Morgan fingerprint density at radius 3 is 2.62 bits per heavy atom. The predicted molar refractivity (Wildman–Crippen MR) is 83.6 cm³/mol. The van der Waals surface area contributed by atoms with E-state index in [1.807, 2.05) is 36.1 Å². The number of anilines is 2. The standard InChI is InChI=1S/C16H21FN4/c1-3-9-21(10-12-7-5-6-8-13(12)18)16-15(17)14(4-2)19-11-20-16/h5-8,11H,3-4,9-10,18H2,1-2H3. The zero-order valence-electron chi connectivity index (χ0n) is 12.5. The molecule has 0 aliphatic carbocycles. The average Bonchev–Trinajstić information content (AvgIpc) is 2.49. The molecule has 0 amide bonds. The minimum atomic E-state index is -0.331. The van der Waals surface area contributed by atoms with Crippen LogP contribution in [0.3, 0.4) is 0 Å². The first kappa shape index (κ1) is 15.2. The van der Waals surface area contributed by atoms with Gasteiger partial charge in [-0.1, -0.05) is 32.0 Å². The van der Waals surface area contributed by atoms with E-state index in [0.29, 0.717) is 36.7 Å². The maximum Gasteiger partial charge on any atom is 0.187 e. The van der Waals surface area contributed by atoms with Crippen LogP contribution in [0.25, 0.3) is 0 Å². The topological polar surface area (TPSA) is 55.0 Å². The molecule has 0 bridgehead atoms. The Balaban J connectivity index is 2.33. The van der Waals surface area contributed by atoms with Crippen molar-refractivity contribution in [2.75, 3.05) is 17.2 Å². The fourth-order valence-electron chi connectivity index (χ4n) is 2.28. The van der Waals surface area contributed by atoms with E-state index >= 15 is 0 Å². The van der Waals surface area contributed by atoms with Crippen LogP contribution in [-0.4, -0.2) is 16.5 Å². The number of aryl methyl sites for hydroxylation is 1. The van der Waals surface area contributed by atoms with E-state index in [9.17, 15) is 4.39 Å². The lowest BCUT2D eigenvalue weighted by Gasteiger charge is -2.24. The third-order valence-corrected chi connectivity index (χ3v) is 3.39. The van der Waals surface area contributed by atoms with Gasteiger partial charge in [0.1, 0.15) is 6.33 Å². The molecule has 4 nitrogen and oxygen atoms in total. The monoisotopic (exact) mass is 288 g/mol. The Bertz CT molecular complexity index is 601. The molecule has 1 aromatic carbocycles. The van der Waals surface area contributed by atoms with Crippen molar-refractivity contribution in [1.82, 2.24) is 9.97 Å². The first-order valence-electron chi connectivity index (χ1n) is 7.25. The lowest BCUT2D eigenvalue weighted by atomic mass is 10.1. The second-order valence-corrected chi connectivity index (χ2v) is 4.93. The van der Waals surface area contributed by atoms with Gasteiger partial charge in [-0.3, -0.25) is 0 Å². The van der Waals surface area contributed by atoms with Crippen molar-refractivity contribution in [2.45, 2.75) is 33.2 Å². The molecule has 21 heavy (non-hydrogen) atoms. The van der Waals surface area contributed by atoms with Crippen LogP contribution < -0.4 is 10.6 Å². The Morgan fingerprint density at radius 1 is 1.19 bits per heavy atom. The van der Waals surface area contributed by atoms with E-state index in [1.165, 1.54) is 6.33 Å². The molecule has 5 heteroatoms. The van der Waals surface area contributed by atoms with Gasteiger partial charge in [0.2, 0.25) is 0 Å². The van der Waals surface area contributed by atoms with Gasteiger partial charge in [-0.2, -0.15) is 0 Å². The summed E-state index contributed by atoms with van der Waals surface area (Å²) in [5, 5.41) is 0. The van der Waals surface area contributed by atoms with Gasteiger partial charge in [-0.05, 0) is 24.5 Å². The summed E-state index contributed by atoms with van der Waals surface area (Å²) in [5.41, 5.74) is 8.12. The molecule has 0 radical (unpaired) electrons. The van der Waals surface area contributed by atoms with Crippen molar-refractivity contribution in [2.24, 2.45) is 0 Å². The minimum Gasteiger partial charge on any atom is -0.398 e. The van der Waals surface area contributed by atoms with E-state index in [4.69, 9.17) is 5.73 Å². The Morgan fingerprint density at radius 2 is 1.95 bits per heavy atom. The predicted octanol–water partition coefficient (Wildman–Crippen LogP) is 3.18. The smallest absolute Gasteiger partial charge is 0.187 e. The molecule has 0 fully saturated rings.